The summed E-state index contributed by atoms with van der Waals surface area (Å²) < 4.78 is 6.45. The molecule has 3 nitrogen and oxygen atoms in total. The smallest absolute Gasteiger partial charge is 0.160 e. The van der Waals surface area contributed by atoms with E-state index in [-0.39, 0.29) is 5.41 Å². The van der Waals surface area contributed by atoms with Gasteiger partial charge in [-0.15, -0.1) is 0 Å². The van der Waals surface area contributed by atoms with Crippen LogP contribution in [0.15, 0.2) is 174 Å². The van der Waals surface area contributed by atoms with E-state index in [1.807, 2.05) is 18.2 Å². The van der Waals surface area contributed by atoms with Crippen molar-refractivity contribution in [1.29, 1.82) is 0 Å². The van der Waals surface area contributed by atoms with Crippen LogP contribution < -0.4 is 0 Å². The van der Waals surface area contributed by atoms with Crippen LogP contribution in [0.2, 0.25) is 0 Å². The number of nitrogens with zero attached hydrogens (tertiary/aromatic N) is 2. The maximum atomic E-state index is 6.45. The zero-order valence-electron chi connectivity index (χ0n) is 30.0. The van der Waals surface area contributed by atoms with Crippen LogP contribution in [-0.2, 0) is 5.41 Å². The second-order valence-corrected chi connectivity index (χ2v) is 15.0. The largest absolute Gasteiger partial charge is 0.456 e. The zero-order chi connectivity index (χ0) is 36.0. The molecule has 0 radical (unpaired) electrons. The third-order valence-electron chi connectivity index (χ3n) is 11.5. The van der Waals surface area contributed by atoms with Crippen molar-refractivity contribution in [1.82, 2.24) is 9.97 Å². The fraction of sp³-hybridized carbons (Fsp3) is 0.0588. The summed E-state index contributed by atoms with van der Waals surface area (Å²) in [5, 5.41) is 7.14. The van der Waals surface area contributed by atoms with Gasteiger partial charge in [0.25, 0.3) is 0 Å². The summed E-state index contributed by atoms with van der Waals surface area (Å²) in [6.07, 6.45) is 0. The van der Waals surface area contributed by atoms with Crippen LogP contribution >= 0.6 is 0 Å². The van der Waals surface area contributed by atoms with Gasteiger partial charge in [0.05, 0.1) is 11.4 Å². The fourth-order valence-corrected chi connectivity index (χ4v) is 8.61. The molecule has 0 saturated heterocycles. The molecule has 0 bridgehead atoms. The lowest BCUT2D eigenvalue weighted by molar-refractivity contribution is 0.661. The minimum atomic E-state index is -0.0880. The van der Waals surface area contributed by atoms with E-state index in [0.717, 1.165) is 50.0 Å². The van der Waals surface area contributed by atoms with Gasteiger partial charge in [-0.3, -0.25) is 0 Å². The van der Waals surface area contributed by atoms with Gasteiger partial charge < -0.3 is 4.42 Å². The average molecular weight is 691 g/mol. The van der Waals surface area contributed by atoms with Crippen LogP contribution in [0.5, 0.6) is 0 Å². The van der Waals surface area contributed by atoms with E-state index in [0.29, 0.717) is 5.82 Å². The Morgan fingerprint density at radius 3 is 1.78 bits per heavy atom. The van der Waals surface area contributed by atoms with E-state index < -0.39 is 0 Å². The Bertz CT molecular complexity index is 3120. The molecule has 8 aromatic carbocycles. The van der Waals surface area contributed by atoms with E-state index in [9.17, 15) is 0 Å². The second-order valence-electron chi connectivity index (χ2n) is 15.0. The molecule has 1 aliphatic carbocycles. The first kappa shape index (κ1) is 30.8. The molecule has 0 atom stereocenters. The molecule has 0 aliphatic heterocycles. The number of fused-ring (bicyclic) bond motifs is 8. The molecule has 0 unspecified atom stereocenters. The zero-order valence-corrected chi connectivity index (χ0v) is 30.0. The lowest BCUT2D eigenvalue weighted by Crippen LogP contribution is -2.14. The molecule has 0 N–H and O–H groups in total. The van der Waals surface area contributed by atoms with Crippen molar-refractivity contribution in [3.05, 3.63) is 181 Å². The molecule has 254 valence electrons. The SMILES string of the molecule is CC1(C)c2cc3ccccc3cc2-c2c(-c3ccc(-c4cc(-c5ccc6c(c5)oc5cc7ccccc7cc56)nc(-c5ccccc5)n4)cc3)cccc21. The van der Waals surface area contributed by atoms with Crippen molar-refractivity contribution >= 4 is 43.5 Å². The Morgan fingerprint density at radius 2 is 1.02 bits per heavy atom. The normalized spacial score (nSPS) is 13.1. The molecule has 11 rings (SSSR count). The molecule has 2 heterocycles. The molecule has 10 aromatic rings. The average Bonchev–Trinajstić information content (AvgIpc) is 3.69. The van der Waals surface area contributed by atoms with Gasteiger partial charge in [0.2, 0.25) is 0 Å². The quantitative estimate of drug-likeness (QED) is 0.184. The predicted molar refractivity (Wildman–Crippen MR) is 224 cm³/mol. The van der Waals surface area contributed by atoms with Gasteiger partial charge in [-0.2, -0.15) is 0 Å². The maximum absolute atomic E-state index is 6.45. The minimum Gasteiger partial charge on any atom is -0.456 e. The Balaban J connectivity index is 1.02. The standard InChI is InChI=1S/C51H34N2O/c1-51(2)43-18-10-17-39(49(43)42-26-35-14-6-8-15-36(35)27-44(42)51)31-19-21-32(22-20-31)45-30-46(53-50(52-45)33-11-4-3-5-12-33)38-23-24-40-41-25-34-13-7-9-16-37(34)28-48(41)54-47(40)29-38/h3-30H,1-2H3. The summed E-state index contributed by atoms with van der Waals surface area (Å²) >= 11 is 0. The van der Waals surface area contributed by atoms with Crippen molar-refractivity contribution in [3.8, 4) is 56.2 Å². The van der Waals surface area contributed by atoms with E-state index in [4.69, 9.17) is 14.4 Å². The highest BCUT2D eigenvalue weighted by molar-refractivity contribution is 6.10. The van der Waals surface area contributed by atoms with Crippen molar-refractivity contribution in [2.24, 2.45) is 0 Å². The lowest BCUT2D eigenvalue weighted by Gasteiger charge is -2.22. The van der Waals surface area contributed by atoms with E-state index >= 15 is 0 Å². The van der Waals surface area contributed by atoms with E-state index in [1.165, 1.54) is 54.9 Å². The highest BCUT2D eigenvalue weighted by Gasteiger charge is 2.37. The van der Waals surface area contributed by atoms with Crippen LogP contribution in [0, 0.1) is 0 Å². The molecule has 1 aliphatic rings. The molecule has 0 saturated carbocycles. The van der Waals surface area contributed by atoms with Crippen molar-refractivity contribution in [2.75, 3.05) is 0 Å². The summed E-state index contributed by atoms with van der Waals surface area (Å²) in [5.41, 5.74) is 14.2. The summed E-state index contributed by atoms with van der Waals surface area (Å²) in [5.74, 6) is 0.690. The first-order valence-corrected chi connectivity index (χ1v) is 18.6. The summed E-state index contributed by atoms with van der Waals surface area (Å²) in [4.78, 5) is 10.2. The van der Waals surface area contributed by atoms with Crippen molar-refractivity contribution < 1.29 is 4.42 Å². The Morgan fingerprint density at radius 1 is 0.407 bits per heavy atom. The molecule has 54 heavy (non-hydrogen) atoms. The van der Waals surface area contributed by atoms with Gasteiger partial charge in [-0.1, -0.05) is 141 Å². The molecule has 0 spiro atoms. The number of rotatable bonds is 4. The molecule has 2 aromatic heterocycles. The van der Waals surface area contributed by atoms with Gasteiger partial charge in [0, 0.05) is 32.9 Å². The highest BCUT2D eigenvalue weighted by atomic mass is 16.3. The van der Waals surface area contributed by atoms with Gasteiger partial charge >= 0.3 is 0 Å². The number of hydrogen-bond donors (Lipinski definition) is 0. The molecular weight excluding hydrogens is 657 g/mol. The topological polar surface area (TPSA) is 38.9 Å². The summed E-state index contributed by atoms with van der Waals surface area (Å²) in [6.45, 7) is 4.70. The Kier molecular flexibility index (Phi) is 6.60. The summed E-state index contributed by atoms with van der Waals surface area (Å²) in [7, 11) is 0. The van der Waals surface area contributed by atoms with Gasteiger partial charge in [-0.25, -0.2) is 9.97 Å². The minimum absolute atomic E-state index is 0.0880. The predicted octanol–water partition coefficient (Wildman–Crippen LogP) is 13.7. The van der Waals surface area contributed by atoms with Crippen LogP contribution in [0.3, 0.4) is 0 Å². The lowest BCUT2D eigenvalue weighted by atomic mass is 9.81. The van der Waals surface area contributed by atoms with Crippen molar-refractivity contribution in [3.63, 3.8) is 0 Å². The van der Waals surface area contributed by atoms with Crippen LogP contribution in [0.1, 0.15) is 25.0 Å². The first-order chi connectivity index (χ1) is 26.5. The highest BCUT2D eigenvalue weighted by Crippen LogP contribution is 2.53. The third kappa shape index (κ3) is 4.75. The fourth-order valence-electron chi connectivity index (χ4n) is 8.61. The van der Waals surface area contributed by atoms with Gasteiger partial charge in [-0.05, 0) is 97.4 Å². The summed E-state index contributed by atoms with van der Waals surface area (Å²) in [6, 6.07) is 60.6. The van der Waals surface area contributed by atoms with Crippen LogP contribution in [-0.4, -0.2) is 9.97 Å². The van der Waals surface area contributed by atoms with E-state index in [2.05, 4.69) is 166 Å². The van der Waals surface area contributed by atoms with Crippen LogP contribution in [0.4, 0.5) is 0 Å². The monoisotopic (exact) mass is 690 g/mol. The molecule has 0 fully saturated rings. The maximum Gasteiger partial charge on any atom is 0.160 e. The number of aromatic nitrogens is 2. The molecular formula is C51H34N2O. The molecule has 0 amide bonds. The first-order valence-electron chi connectivity index (χ1n) is 18.6. The number of benzene rings is 8. The van der Waals surface area contributed by atoms with Gasteiger partial charge in [0.15, 0.2) is 5.82 Å². The number of furan rings is 1. The van der Waals surface area contributed by atoms with E-state index in [1.54, 1.807) is 0 Å². The molecule has 3 heteroatoms. The number of hydrogen-bond acceptors (Lipinski definition) is 3. The van der Waals surface area contributed by atoms with Crippen molar-refractivity contribution in [2.45, 2.75) is 19.3 Å². The Labute approximate surface area is 313 Å². The second kappa shape index (κ2) is 11.6. The van der Waals surface area contributed by atoms with Crippen LogP contribution in [0.25, 0.3) is 99.6 Å². The Hall–Kier alpha value is -6.84. The third-order valence-corrected chi connectivity index (χ3v) is 11.5. The van der Waals surface area contributed by atoms with Gasteiger partial charge in [0.1, 0.15) is 11.2 Å².